The van der Waals surface area contributed by atoms with E-state index in [4.69, 9.17) is 4.42 Å². The van der Waals surface area contributed by atoms with E-state index in [9.17, 15) is 4.79 Å². The molecule has 0 aliphatic rings. The van der Waals surface area contributed by atoms with Crippen molar-refractivity contribution in [3.8, 4) is 0 Å². The number of oxazole rings is 1. The fraction of sp³-hybridized carbons (Fsp3) is 0.385. The van der Waals surface area contributed by atoms with Crippen LogP contribution in [0.3, 0.4) is 0 Å². The number of amides is 1. The van der Waals surface area contributed by atoms with Crippen LogP contribution in [-0.2, 0) is 4.79 Å². The number of hydrogen-bond acceptors (Lipinski definition) is 3. The quantitative estimate of drug-likeness (QED) is 0.883. The van der Waals surface area contributed by atoms with Crippen LogP contribution in [0.4, 0.5) is 5.69 Å². The lowest BCUT2D eigenvalue weighted by Gasteiger charge is -2.01. The molecule has 4 nitrogen and oxygen atoms in total. The average molecular weight is 232 g/mol. The van der Waals surface area contributed by atoms with Crippen LogP contribution in [0.2, 0.25) is 0 Å². The SMILES string of the molecule is CCC(=O)Nc1ccc2nc(C(C)C)oc2c1. The Morgan fingerprint density at radius 1 is 1.47 bits per heavy atom. The van der Waals surface area contributed by atoms with Gasteiger partial charge in [0.2, 0.25) is 5.91 Å². The minimum Gasteiger partial charge on any atom is -0.440 e. The maximum absolute atomic E-state index is 11.3. The fourth-order valence-corrected chi connectivity index (χ4v) is 1.52. The maximum atomic E-state index is 11.3. The first kappa shape index (κ1) is 11.6. The first-order chi connectivity index (χ1) is 8.10. The highest BCUT2D eigenvalue weighted by Crippen LogP contribution is 2.23. The molecule has 2 aromatic rings. The number of aromatic nitrogens is 1. The summed E-state index contributed by atoms with van der Waals surface area (Å²) in [6.07, 6.45) is 0.464. The third-order valence-electron chi connectivity index (χ3n) is 2.50. The molecule has 1 heterocycles. The molecule has 0 fully saturated rings. The lowest BCUT2D eigenvalue weighted by atomic mass is 10.2. The molecule has 0 unspecified atom stereocenters. The van der Waals surface area contributed by atoms with Crippen molar-refractivity contribution in [2.75, 3.05) is 5.32 Å². The Balaban J connectivity index is 2.33. The van der Waals surface area contributed by atoms with Gasteiger partial charge in [0.05, 0.1) is 0 Å². The van der Waals surface area contributed by atoms with Gasteiger partial charge in [-0.3, -0.25) is 4.79 Å². The summed E-state index contributed by atoms with van der Waals surface area (Å²) in [5.41, 5.74) is 2.28. The Morgan fingerprint density at radius 3 is 2.88 bits per heavy atom. The standard InChI is InChI=1S/C13H16N2O2/c1-4-12(16)14-9-5-6-10-11(7-9)17-13(15-10)8(2)3/h5-8H,4H2,1-3H3,(H,14,16). The summed E-state index contributed by atoms with van der Waals surface area (Å²) in [6, 6.07) is 5.50. The Labute approximate surface area is 100 Å². The van der Waals surface area contributed by atoms with E-state index in [0.29, 0.717) is 12.0 Å². The number of anilines is 1. The summed E-state index contributed by atoms with van der Waals surface area (Å²) in [6.45, 7) is 5.88. The van der Waals surface area contributed by atoms with Gasteiger partial charge < -0.3 is 9.73 Å². The summed E-state index contributed by atoms with van der Waals surface area (Å²) < 4.78 is 5.62. The Bertz CT molecular complexity index is 543. The molecule has 0 aliphatic carbocycles. The monoisotopic (exact) mass is 232 g/mol. The number of rotatable bonds is 3. The summed E-state index contributed by atoms with van der Waals surface area (Å²) in [5, 5.41) is 2.80. The van der Waals surface area contributed by atoms with Crippen LogP contribution in [0.25, 0.3) is 11.1 Å². The van der Waals surface area contributed by atoms with Gasteiger partial charge in [0.1, 0.15) is 5.52 Å². The van der Waals surface area contributed by atoms with E-state index < -0.39 is 0 Å². The number of fused-ring (bicyclic) bond motifs is 1. The van der Waals surface area contributed by atoms with Crippen LogP contribution in [0.5, 0.6) is 0 Å². The predicted octanol–water partition coefficient (Wildman–Crippen LogP) is 3.30. The van der Waals surface area contributed by atoms with Crippen molar-refractivity contribution >= 4 is 22.7 Å². The van der Waals surface area contributed by atoms with Gasteiger partial charge in [0, 0.05) is 24.1 Å². The summed E-state index contributed by atoms with van der Waals surface area (Å²) in [5.74, 6) is 0.975. The van der Waals surface area contributed by atoms with Crippen LogP contribution in [0.15, 0.2) is 22.6 Å². The van der Waals surface area contributed by atoms with Gasteiger partial charge in [-0.25, -0.2) is 4.98 Å². The maximum Gasteiger partial charge on any atom is 0.224 e. The van der Waals surface area contributed by atoms with Crippen LogP contribution >= 0.6 is 0 Å². The van der Waals surface area contributed by atoms with Gasteiger partial charge in [-0.05, 0) is 12.1 Å². The molecule has 2 rings (SSSR count). The third kappa shape index (κ3) is 2.46. The zero-order valence-corrected chi connectivity index (χ0v) is 10.3. The molecule has 4 heteroatoms. The highest BCUT2D eigenvalue weighted by molar-refractivity contribution is 5.92. The van der Waals surface area contributed by atoms with Gasteiger partial charge in [-0.15, -0.1) is 0 Å². The molecule has 0 aliphatic heterocycles. The van der Waals surface area contributed by atoms with Crippen molar-refractivity contribution in [3.63, 3.8) is 0 Å². The summed E-state index contributed by atoms with van der Waals surface area (Å²) >= 11 is 0. The molecule has 0 saturated carbocycles. The number of nitrogens with one attached hydrogen (secondary N) is 1. The second-order valence-electron chi connectivity index (χ2n) is 4.29. The molecule has 90 valence electrons. The number of carbonyl (C=O) groups excluding carboxylic acids is 1. The van der Waals surface area contributed by atoms with Gasteiger partial charge in [0.15, 0.2) is 11.5 Å². The Kier molecular flexibility index (Phi) is 3.13. The van der Waals surface area contributed by atoms with Crippen LogP contribution in [0, 0.1) is 0 Å². The minimum absolute atomic E-state index is 0.00653. The number of carbonyl (C=O) groups is 1. The van der Waals surface area contributed by atoms with E-state index in [1.165, 1.54) is 0 Å². The van der Waals surface area contributed by atoms with E-state index >= 15 is 0 Å². The van der Waals surface area contributed by atoms with E-state index in [0.717, 1.165) is 17.1 Å². The molecule has 1 amide bonds. The van der Waals surface area contributed by atoms with Gasteiger partial charge in [0.25, 0.3) is 0 Å². The molecular formula is C13H16N2O2. The molecule has 0 radical (unpaired) electrons. The average Bonchev–Trinajstić information content (AvgIpc) is 2.72. The van der Waals surface area contributed by atoms with Crippen molar-refractivity contribution < 1.29 is 9.21 Å². The second kappa shape index (κ2) is 4.57. The summed E-state index contributed by atoms with van der Waals surface area (Å²) in [7, 11) is 0. The molecule has 1 N–H and O–H groups in total. The molecular weight excluding hydrogens is 216 g/mol. The lowest BCUT2D eigenvalue weighted by molar-refractivity contribution is -0.115. The van der Waals surface area contributed by atoms with Crippen LogP contribution in [0.1, 0.15) is 39.0 Å². The minimum atomic E-state index is -0.00653. The van der Waals surface area contributed by atoms with Gasteiger partial charge >= 0.3 is 0 Å². The molecule has 1 aromatic carbocycles. The van der Waals surface area contributed by atoms with Crippen LogP contribution in [-0.4, -0.2) is 10.9 Å². The van der Waals surface area contributed by atoms with E-state index in [2.05, 4.69) is 10.3 Å². The predicted molar refractivity (Wildman–Crippen MR) is 67.0 cm³/mol. The molecule has 17 heavy (non-hydrogen) atoms. The number of hydrogen-bond donors (Lipinski definition) is 1. The normalized spacial score (nSPS) is 11.1. The molecule has 1 aromatic heterocycles. The third-order valence-corrected chi connectivity index (χ3v) is 2.50. The van der Waals surface area contributed by atoms with Crippen molar-refractivity contribution in [2.45, 2.75) is 33.1 Å². The van der Waals surface area contributed by atoms with Crippen molar-refractivity contribution in [3.05, 3.63) is 24.1 Å². The highest BCUT2D eigenvalue weighted by atomic mass is 16.3. The molecule has 0 bridgehead atoms. The lowest BCUT2D eigenvalue weighted by Crippen LogP contribution is -2.08. The second-order valence-corrected chi connectivity index (χ2v) is 4.29. The zero-order valence-electron chi connectivity index (χ0n) is 10.3. The van der Waals surface area contributed by atoms with Crippen LogP contribution < -0.4 is 5.32 Å². The topological polar surface area (TPSA) is 55.1 Å². The number of benzene rings is 1. The fourth-order valence-electron chi connectivity index (χ4n) is 1.52. The van der Waals surface area contributed by atoms with Crippen molar-refractivity contribution in [1.29, 1.82) is 0 Å². The first-order valence-electron chi connectivity index (χ1n) is 5.80. The summed E-state index contributed by atoms with van der Waals surface area (Å²) in [4.78, 5) is 15.6. The number of nitrogens with zero attached hydrogens (tertiary/aromatic N) is 1. The van der Waals surface area contributed by atoms with Crippen molar-refractivity contribution in [2.24, 2.45) is 0 Å². The smallest absolute Gasteiger partial charge is 0.224 e. The van der Waals surface area contributed by atoms with E-state index in [1.54, 1.807) is 0 Å². The van der Waals surface area contributed by atoms with Gasteiger partial charge in [-0.2, -0.15) is 0 Å². The van der Waals surface area contributed by atoms with Crippen molar-refractivity contribution in [1.82, 2.24) is 4.98 Å². The van der Waals surface area contributed by atoms with E-state index in [-0.39, 0.29) is 11.8 Å². The highest BCUT2D eigenvalue weighted by Gasteiger charge is 2.10. The Morgan fingerprint density at radius 2 is 2.24 bits per heavy atom. The molecule has 0 spiro atoms. The first-order valence-corrected chi connectivity index (χ1v) is 5.80. The Hall–Kier alpha value is -1.84. The largest absolute Gasteiger partial charge is 0.440 e. The molecule has 0 saturated heterocycles. The van der Waals surface area contributed by atoms with E-state index in [1.807, 2.05) is 39.0 Å². The van der Waals surface area contributed by atoms with Gasteiger partial charge in [-0.1, -0.05) is 20.8 Å². The molecule has 0 atom stereocenters. The zero-order chi connectivity index (χ0) is 12.4.